The topological polar surface area (TPSA) is 60.2 Å². The van der Waals surface area contributed by atoms with Crippen molar-refractivity contribution in [3.63, 3.8) is 0 Å². The first-order valence-electron chi connectivity index (χ1n) is 6.88. The third-order valence-electron chi connectivity index (χ3n) is 3.99. The number of methoxy groups -OCH3 is 1. The molecule has 2 heterocycles. The molecule has 1 unspecified atom stereocenters. The van der Waals surface area contributed by atoms with E-state index in [1.807, 2.05) is 0 Å². The Balaban J connectivity index is 2.18. The summed E-state index contributed by atoms with van der Waals surface area (Å²) < 4.78 is 11.0. The molecule has 0 aromatic carbocycles. The highest BCUT2D eigenvalue weighted by Gasteiger charge is 2.34. The molecule has 102 valence electrons. The second kappa shape index (κ2) is 5.80. The van der Waals surface area contributed by atoms with E-state index in [9.17, 15) is 0 Å². The van der Waals surface area contributed by atoms with Crippen LogP contribution in [-0.4, -0.2) is 23.8 Å². The fourth-order valence-electron chi connectivity index (χ4n) is 2.57. The van der Waals surface area contributed by atoms with E-state index in [2.05, 4.69) is 29.3 Å². The molecule has 0 saturated carbocycles. The van der Waals surface area contributed by atoms with Crippen LogP contribution in [-0.2, 0) is 10.3 Å². The fourth-order valence-corrected chi connectivity index (χ4v) is 2.57. The van der Waals surface area contributed by atoms with Gasteiger partial charge in [-0.1, -0.05) is 25.4 Å². The first kappa shape index (κ1) is 13.5. The maximum absolute atomic E-state index is 5.62. The van der Waals surface area contributed by atoms with E-state index in [4.69, 9.17) is 9.26 Å². The molecular weight excluding hydrogens is 230 g/mol. The van der Waals surface area contributed by atoms with Crippen molar-refractivity contribution in [2.24, 2.45) is 0 Å². The highest BCUT2D eigenvalue weighted by Crippen LogP contribution is 2.31. The second-order valence-electron chi connectivity index (χ2n) is 4.86. The summed E-state index contributed by atoms with van der Waals surface area (Å²) in [7, 11) is 1.71. The zero-order chi connectivity index (χ0) is 13.0. The normalized spacial score (nSPS) is 21.2. The van der Waals surface area contributed by atoms with Crippen LogP contribution in [0.1, 0.15) is 63.7 Å². The van der Waals surface area contributed by atoms with Crippen LogP contribution in [0.5, 0.6) is 0 Å². The zero-order valence-corrected chi connectivity index (χ0v) is 11.5. The van der Waals surface area contributed by atoms with Gasteiger partial charge in [0.15, 0.2) is 0 Å². The number of nitrogens with zero attached hydrogens (tertiary/aromatic N) is 2. The standard InChI is InChI=1S/C13H23N3O2/c1-4-13(5-2,17-3)12-15-11(18-16-12)10-8-6-7-9-14-10/h10,14H,4-9H2,1-3H3. The van der Waals surface area contributed by atoms with Crippen molar-refractivity contribution in [3.05, 3.63) is 11.7 Å². The average Bonchev–Trinajstić information content (AvgIpc) is 2.93. The summed E-state index contributed by atoms with van der Waals surface area (Å²) in [4.78, 5) is 4.55. The van der Waals surface area contributed by atoms with Crippen molar-refractivity contribution in [2.75, 3.05) is 13.7 Å². The Morgan fingerprint density at radius 2 is 2.17 bits per heavy atom. The first-order chi connectivity index (χ1) is 8.75. The van der Waals surface area contributed by atoms with Crippen molar-refractivity contribution in [1.29, 1.82) is 0 Å². The summed E-state index contributed by atoms with van der Waals surface area (Å²) in [6.45, 7) is 5.20. The van der Waals surface area contributed by atoms with E-state index in [1.165, 1.54) is 12.8 Å². The Morgan fingerprint density at radius 1 is 1.39 bits per heavy atom. The number of aromatic nitrogens is 2. The average molecular weight is 253 g/mol. The van der Waals surface area contributed by atoms with Crippen molar-refractivity contribution in [1.82, 2.24) is 15.5 Å². The molecule has 1 aromatic rings. The highest BCUT2D eigenvalue weighted by atomic mass is 16.5. The minimum atomic E-state index is -0.406. The van der Waals surface area contributed by atoms with E-state index in [1.54, 1.807) is 7.11 Å². The van der Waals surface area contributed by atoms with Gasteiger partial charge >= 0.3 is 0 Å². The summed E-state index contributed by atoms with van der Waals surface area (Å²) in [6, 6.07) is 0.211. The fraction of sp³-hybridized carbons (Fsp3) is 0.846. The van der Waals surface area contributed by atoms with Crippen LogP contribution >= 0.6 is 0 Å². The molecule has 5 nitrogen and oxygen atoms in total. The molecule has 1 N–H and O–H groups in total. The first-order valence-corrected chi connectivity index (χ1v) is 6.88. The molecule has 0 bridgehead atoms. The number of piperidine rings is 1. The van der Waals surface area contributed by atoms with Gasteiger partial charge in [-0.15, -0.1) is 0 Å². The lowest BCUT2D eigenvalue weighted by Crippen LogP contribution is -2.29. The van der Waals surface area contributed by atoms with Crippen LogP contribution in [0.25, 0.3) is 0 Å². The van der Waals surface area contributed by atoms with Crippen LogP contribution in [0.4, 0.5) is 0 Å². The number of hydrogen-bond acceptors (Lipinski definition) is 5. The molecule has 0 radical (unpaired) electrons. The van der Waals surface area contributed by atoms with Crippen LogP contribution in [0, 0.1) is 0 Å². The Hall–Kier alpha value is -0.940. The molecule has 0 aliphatic carbocycles. The van der Waals surface area contributed by atoms with Crippen LogP contribution in [0.2, 0.25) is 0 Å². The summed E-state index contributed by atoms with van der Waals surface area (Å²) in [5, 5.41) is 7.54. The predicted molar refractivity (Wildman–Crippen MR) is 68.2 cm³/mol. The SMILES string of the molecule is CCC(CC)(OC)c1noc(C2CCCCN2)n1. The van der Waals surface area contributed by atoms with E-state index in [0.717, 1.165) is 25.8 Å². The van der Waals surface area contributed by atoms with Crippen molar-refractivity contribution < 1.29 is 9.26 Å². The summed E-state index contributed by atoms with van der Waals surface area (Å²) in [5.41, 5.74) is -0.406. The van der Waals surface area contributed by atoms with Crippen molar-refractivity contribution in [2.45, 2.75) is 57.6 Å². The Morgan fingerprint density at radius 3 is 2.72 bits per heavy atom. The lowest BCUT2D eigenvalue weighted by Gasteiger charge is -2.26. The molecule has 0 spiro atoms. The molecule has 1 saturated heterocycles. The largest absolute Gasteiger partial charge is 0.370 e. The van der Waals surface area contributed by atoms with Crippen molar-refractivity contribution in [3.8, 4) is 0 Å². The zero-order valence-electron chi connectivity index (χ0n) is 11.5. The summed E-state index contributed by atoms with van der Waals surface area (Å²) in [5.74, 6) is 1.38. The van der Waals surface area contributed by atoms with Gasteiger partial charge in [-0.05, 0) is 32.2 Å². The van der Waals surface area contributed by atoms with Gasteiger partial charge in [-0.3, -0.25) is 0 Å². The number of rotatable bonds is 5. The smallest absolute Gasteiger partial charge is 0.243 e. The van der Waals surface area contributed by atoms with Gasteiger partial charge in [0.2, 0.25) is 11.7 Å². The minimum absolute atomic E-state index is 0.211. The van der Waals surface area contributed by atoms with Crippen LogP contribution < -0.4 is 5.32 Å². The molecule has 1 aliphatic rings. The van der Waals surface area contributed by atoms with Crippen LogP contribution in [0.15, 0.2) is 4.52 Å². The predicted octanol–water partition coefficient (Wildman–Crippen LogP) is 2.55. The minimum Gasteiger partial charge on any atom is -0.370 e. The van der Waals surface area contributed by atoms with Gasteiger partial charge < -0.3 is 14.6 Å². The summed E-state index contributed by atoms with van der Waals surface area (Å²) >= 11 is 0. The third-order valence-corrected chi connectivity index (χ3v) is 3.99. The molecule has 1 aromatic heterocycles. The molecule has 18 heavy (non-hydrogen) atoms. The molecule has 1 atom stereocenters. The number of hydrogen-bond donors (Lipinski definition) is 1. The Kier molecular flexibility index (Phi) is 4.35. The molecule has 1 aliphatic heterocycles. The second-order valence-corrected chi connectivity index (χ2v) is 4.86. The molecule has 1 fully saturated rings. The molecular formula is C13H23N3O2. The lowest BCUT2D eigenvalue weighted by molar-refractivity contribution is -0.0306. The van der Waals surface area contributed by atoms with Gasteiger partial charge in [0.1, 0.15) is 5.60 Å². The van der Waals surface area contributed by atoms with Crippen LogP contribution in [0.3, 0.4) is 0 Å². The monoisotopic (exact) mass is 253 g/mol. The van der Waals surface area contributed by atoms with E-state index in [-0.39, 0.29) is 6.04 Å². The highest BCUT2D eigenvalue weighted by molar-refractivity contribution is 5.03. The Bertz CT molecular complexity index is 360. The number of ether oxygens (including phenoxy) is 1. The van der Waals surface area contributed by atoms with E-state index in [0.29, 0.717) is 11.7 Å². The maximum atomic E-state index is 5.62. The van der Waals surface area contributed by atoms with Gasteiger partial charge in [-0.2, -0.15) is 4.98 Å². The van der Waals surface area contributed by atoms with Gasteiger partial charge in [-0.25, -0.2) is 0 Å². The summed E-state index contributed by atoms with van der Waals surface area (Å²) in [6.07, 6.45) is 5.20. The van der Waals surface area contributed by atoms with Crippen molar-refractivity contribution >= 4 is 0 Å². The van der Waals surface area contributed by atoms with Gasteiger partial charge in [0.05, 0.1) is 6.04 Å². The van der Waals surface area contributed by atoms with E-state index >= 15 is 0 Å². The van der Waals surface area contributed by atoms with Gasteiger partial charge in [0, 0.05) is 7.11 Å². The van der Waals surface area contributed by atoms with E-state index < -0.39 is 5.60 Å². The lowest BCUT2D eigenvalue weighted by atomic mass is 9.96. The number of nitrogens with one attached hydrogen (secondary N) is 1. The third kappa shape index (κ3) is 2.42. The molecule has 2 rings (SSSR count). The quantitative estimate of drug-likeness (QED) is 0.873. The maximum Gasteiger partial charge on any atom is 0.243 e. The molecule has 0 amide bonds. The molecule has 5 heteroatoms. The van der Waals surface area contributed by atoms with Gasteiger partial charge in [0.25, 0.3) is 0 Å². The Labute approximate surface area is 108 Å².